The minimum Gasteiger partial charge on any atom is -0.480 e. The Balaban J connectivity index is 2.47. The lowest BCUT2D eigenvalue weighted by atomic mass is 10.1. The predicted octanol–water partition coefficient (Wildman–Crippen LogP) is 2.36. The maximum Gasteiger partial charge on any atom is 0.326 e. The van der Waals surface area contributed by atoms with Crippen molar-refractivity contribution < 1.29 is 14.7 Å². The van der Waals surface area contributed by atoms with E-state index in [0.717, 1.165) is 5.56 Å². The van der Waals surface area contributed by atoms with Gasteiger partial charge in [0, 0.05) is 0 Å². The van der Waals surface area contributed by atoms with E-state index in [2.05, 4.69) is 10.6 Å². The number of thiophene rings is 1. The zero-order valence-electron chi connectivity index (χ0n) is 10.5. The molecule has 0 fully saturated rings. The van der Waals surface area contributed by atoms with Crippen LogP contribution in [0.5, 0.6) is 0 Å². The third kappa shape index (κ3) is 4.37. The Morgan fingerprint density at radius 2 is 2.17 bits per heavy atom. The van der Waals surface area contributed by atoms with E-state index in [9.17, 15) is 9.59 Å². The van der Waals surface area contributed by atoms with Crippen molar-refractivity contribution in [2.75, 3.05) is 0 Å². The summed E-state index contributed by atoms with van der Waals surface area (Å²) in [6, 6.07) is 0.516. The molecule has 0 saturated heterocycles. The van der Waals surface area contributed by atoms with Crippen LogP contribution in [-0.4, -0.2) is 23.1 Å². The van der Waals surface area contributed by atoms with Gasteiger partial charge >= 0.3 is 12.0 Å². The molecule has 0 bridgehead atoms. The van der Waals surface area contributed by atoms with E-state index in [0.29, 0.717) is 12.8 Å². The van der Waals surface area contributed by atoms with Crippen molar-refractivity contribution in [2.24, 2.45) is 0 Å². The van der Waals surface area contributed by atoms with Crippen molar-refractivity contribution in [3.63, 3.8) is 0 Å². The highest BCUT2D eigenvalue weighted by molar-refractivity contribution is 7.07. The van der Waals surface area contributed by atoms with Gasteiger partial charge in [-0.2, -0.15) is 11.3 Å². The standard InChI is InChI=1S/C12H18N2O3S/c1-3-4-10(11(15)16)14-12(17)13-8(2)9-5-6-18-7-9/h5-8,10H,3-4H2,1-2H3,(H,15,16)(H2,13,14,17)/t8?,10-/m1/s1. The van der Waals surface area contributed by atoms with Gasteiger partial charge in [0.1, 0.15) is 6.04 Å². The zero-order valence-corrected chi connectivity index (χ0v) is 11.3. The molecular weight excluding hydrogens is 252 g/mol. The Morgan fingerprint density at radius 1 is 1.44 bits per heavy atom. The largest absolute Gasteiger partial charge is 0.480 e. The Kier molecular flexibility index (Phi) is 5.64. The van der Waals surface area contributed by atoms with Gasteiger partial charge < -0.3 is 15.7 Å². The summed E-state index contributed by atoms with van der Waals surface area (Å²) in [5.74, 6) is -1.00. The number of carboxylic acid groups (broad SMARTS) is 1. The third-order valence-electron chi connectivity index (χ3n) is 2.57. The van der Waals surface area contributed by atoms with Crippen molar-refractivity contribution in [3.05, 3.63) is 22.4 Å². The normalized spacial score (nSPS) is 13.7. The lowest BCUT2D eigenvalue weighted by Gasteiger charge is -2.17. The van der Waals surface area contributed by atoms with Crippen LogP contribution in [0.25, 0.3) is 0 Å². The highest BCUT2D eigenvalue weighted by atomic mass is 32.1. The Hall–Kier alpha value is -1.56. The van der Waals surface area contributed by atoms with Crippen molar-refractivity contribution >= 4 is 23.3 Å². The molecule has 0 radical (unpaired) electrons. The van der Waals surface area contributed by atoms with Crippen LogP contribution in [0.1, 0.15) is 38.3 Å². The molecule has 100 valence electrons. The summed E-state index contributed by atoms with van der Waals surface area (Å²) in [6.45, 7) is 3.74. The fourth-order valence-corrected chi connectivity index (χ4v) is 2.30. The van der Waals surface area contributed by atoms with Crippen LogP contribution in [0, 0.1) is 0 Å². The fourth-order valence-electron chi connectivity index (χ4n) is 1.55. The summed E-state index contributed by atoms with van der Waals surface area (Å²) in [4.78, 5) is 22.6. The number of rotatable bonds is 6. The number of amides is 2. The van der Waals surface area contributed by atoms with Gasteiger partial charge in [-0.3, -0.25) is 0 Å². The number of carboxylic acids is 1. The van der Waals surface area contributed by atoms with Crippen LogP contribution >= 0.6 is 11.3 Å². The van der Waals surface area contributed by atoms with Gasteiger partial charge in [0.2, 0.25) is 0 Å². The van der Waals surface area contributed by atoms with Gasteiger partial charge in [-0.05, 0) is 35.7 Å². The molecule has 0 aromatic carbocycles. The molecule has 2 amide bonds. The second kappa shape index (κ2) is 7.00. The molecule has 0 aliphatic carbocycles. The average molecular weight is 270 g/mol. The summed E-state index contributed by atoms with van der Waals surface area (Å²) in [5, 5.41) is 18.0. The van der Waals surface area contributed by atoms with Crippen LogP contribution in [-0.2, 0) is 4.79 Å². The number of nitrogens with one attached hydrogen (secondary N) is 2. The molecule has 3 N–H and O–H groups in total. The van der Waals surface area contributed by atoms with E-state index >= 15 is 0 Å². The molecule has 0 aliphatic rings. The summed E-state index contributed by atoms with van der Waals surface area (Å²) >= 11 is 1.56. The Labute approximate surface area is 110 Å². The molecule has 0 spiro atoms. The smallest absolute Gasteiger partial charge is 0.326 e. The monoisotopic (exact) mass is 270 g/mol. The maximum absolute atomic E-state index is 11.7. The highest BCUT2D eigenvalue weighted by Gasteiger charge is 2.19. The molecule has 0 aliphatic heterocycles. The van der Waals surface area contributed by atoms with Crippen LogP contribution in [0.3, 0.4) is 0 Å². The third-order valence-corrected chi connectivity index (χ3v) is 3.27. The van der Waals surface area contributed by atoms with Crippen molar-refractivity contribution in [2.45, 2.75) is 38.8 Å². The molecule has 1 aromatic heterocycles. The molecular formula is C12H18N2O3S. The van der Waals surface area contributed by atoms with Crippen LogP contribution in [0.2, 0.25) is 0 Å². The van der Waals surface area contributed by atoms with Crippen LogP contribution in [0.15, 0.2) is 16.8 Å². The first-order valence-electron chi connectivity index (χ1n) is 5.86. The topological polar surface area (TPSA) is 78.4 Å². The van der Waals surface area contributed by atoms with E-state index < -0.39 is 18.0 Å². The first-order valence-corrected chi connectivity index (χ1v) is 6.80. The number of urea groups is 1. The highest BCUT2D eigenvalue weighted by Crippen LogP contribution is 2.15. The lowest BCUT2D eigenvalue weighted by Crippen LogP contribution is -2.46. The molecule has 5 nitrogen and oxygen atoms in total. The van der Waals surface area contributed by atoms with Gasteiger partial charge in [0.15, 0.2) is 0 Å². The van der Waals surface area contributed by atoms with Crippen molar-refractivity contribution in [1.82, 2.24) is 10.6 Å². The lowest BCUT2D eigenvalue weighted by molar-refractivity contribution is -0.139. The van der Waals surface area contributed by atoms with Gasteiger partial charge in [0.05, 0.1) is 6.04 Å². The Bertz CT molecular complexity index is 392. The number of hydrogen-bond acceptors (Lipinski definition) is 3. The van der Waals surface area contributed by atoms with Gasteiger partial charge in [0.25, 0.3) is 0 Å². The van der Waals surface area contributed by atoms with Gasteiger partial charge in [-0.25, -0.2) is 9.59 Å². The van der Waals surface area contributed by atoms with Gasteiger partial charge in [-0.15, -0.1) is 0 Å². The summed E-state index contributed by atoms with van der Waals surface area (Å²) in [7, 11) is 0. The predicted molar refractivity (Wildman–Crippen MR) is 70.7 cm³/mol. The zero-order chi connectivity index (χ0) is 13.5. The van der Waals surface area contributed by atoms with Crippen LogP contribution < -0.4 is 10.6 Å². The molecule has 1 rings (SSSR count). The number of aliphatic carboxylic acids is 1. The maximum atomic E-state index is 11.7. The van der Waals surface area contributed by atoms with Crippen LogP contribution in [0.4, 0.5) is 4.79 Å². The minimum absolute atomic E-state index is 0.132. The van der Waals surface area contributed by atoms with E-state index in [-0.39, 0.29) is 6.04 Å². The molecule has 2 atom stereocenters. The number of hydrogen-bond donors (Lipinski definition) is 3. The SMILES string of the molecule is CCC[C@@H](NC(=O)NC(C)c1ccsc1)C(=O)O. The molecule has 1 aromatic rings. The second-order valence-electron chi connectivity index (χ2n) is 4.08. The summed E-state index contributed by atoms with van der Waals surface area (Å²) in [6.07, 6.45) is 1.13. The Morgan fingerprint density at radius 3 is 2.67 bits per heavy atom. The number of carbonyl (C=O) groups is 2. The number of carbonyl (C=O) groups excluding carboxylic acids is 1. The van der Waals surface area contributed by atoms with E-state index in [1.807, 2.05) is 30.7 Å². The average Bonchev–Trinajstić information content (AvgIpc) is 2.81. The van der Waals surface area contributed by atoms with Gasteiger partial charge in [-0.1, -0.05) is 13.3 Å². The molecule has 1 unspecified atom stereocenters. The molecule has 0 saturated carbocycles. The fraction of sp³-hybridized carbons (Fsp3) is 0.500. The molecule has 1 heterocycles. The second-order valence-corrected chi connectivity index (χ2v) is 4.86. The van der Waals surface area contributed by atoms with Crippen molar-refractivity contribution in [3.8, 4) is 0 Å². The summed E-state index contributed by atoms with van der Waals surface area (Å²) < 4.78 is 0. The first-order chi connectivity index (χ1) is 8.54. The minimum atomic E-state index is -1.00. The molecule has 6 heteroatoms. The van der Waals surface area contributed by atoms with E-state index in [1.165, 1.54) is 0 Å². The van der Waals surface area contributed by atoms with Crippen molar-refractivity contribution in [1.29, 1.82) is 0 Å². The van der Waals surface area contributed by atoms with E-state index in [4.69, 9.17) is 5.11 Å². The quantitative estimate of drug-likeness (QED) is 0.742. The summed E-state index contributed by atoms with van der Waals surface area (Å²) in [5.41, 5.74) is 1.01. The first kappa shape index (κ1) is 14.5. The van der Waals surface area contributed by atoms with E-state index in [1.54, 1.807) is 11.3 Å². The molecule has 18 heavy (non-hydrogen) atoms.